The Labute approximate surface area is 258 Å². The zero-order chi connectivity index (χ0) is 31.5. The number of urea groups is 1. The van der Waals surface area contributed by atoms with Crippen molar-refractivity contribution >= 4 is 23.5 Å². The van der Waals surface area contributed by atoms with E-state index in [4.69, 9.17) is 19.9 Å². The number of amides is 4. The highest BCUT2D eigenvalue weighted by Gasteiger charge is 2.37. The van der Waals surface area contributed by atoms with Crippen molar-refractivity contribution in [2.75, 3.05) is 44.3 Å². The highest BCUT2D eigenvalue weighted by molar-refractivity contribution is 6.13. The van der Waals surface area contributed by atoms with Crippen LogP contribution in [0.15, 0.2) is 42.5 Å². The number of nitrogens with two attached hydrogens (primary N) is 1. The molecule has 2 aliphatic heterocycles. The molecule has 0 aliphatic carbocycles. The van der Waals surface area contributed by atoms with Gasteiger partial charge in [0.1, 0.15) is 18.8 Å². The Balaban J connectivity index is 1.03. The van der Waals surface area contributed by atoms with Crippen LogP contribution >= 0.6 is 0 Å². The standard InChI is InChI=1S/C33H42N4O7/c1-33(2)43-23-26-19-25(13-14-29(26)44-33)28(38)20-35-15-6-3-4-7-16-42-17-8-5-10-24-11-9-12-27(18-24)36-22-31(40)37(32(36)41)21-30(34)39/h9,11-14,18-19,28,35,38H,3-4,6-8,15-17,20-23H2,1-2H3,(H2,34,39)/t28-/m0/s1. The van der Waals surface area contributed by atoms with Gasteiger partial charge in [-0.25, -0.2) is 4.79 Å². The predicted octanol–water partition coefficient (Wildman–Crippen LogP) is 3.23. The number of hydrogen-bond acceptors (Lipinski definition) is 8. The largest absolute Gasteiger partial charge is 0.463 e. The molecule has 0 saturated carbocycles. The Morgan fingerprint density at radius 2 is 1.95 bits per heavy atom. The number of nitrogens with zero attached hydrogens (tertiary/aromatic N) is 2. The molecule has 1 fully saturated rings. The van der Waals surface area contributed by atoms with E-state index in [-0.39, 0.29) is 6.54 Å². The molecule has 1 saturated heterocycles. The lowest BCUT2D eigenvalue weighted by molar-refractivity contribution is -0.180. The van der Waals surface area contributed by atoms with E-state index in [1.807, 2.05) is 38.1 Å². The molecule has 1 atom stereocenters. The van der Waals surface area contributed by atoms with E-state index in [1.165, 1.54) is 4.90 Å². The number of fused-ring (bicyclic) bond motifs is 1. The summed E-state index contributed by atoms with van der Waals surface area (Å²) >= 11 is 0. The first-order valence-electron chi connectivity index (χ1n) is 15.0. The van der Waals surface area contributed by atoms with Crippen LogP contribution in [0.2, 0.25) is 0 Å². The third-order valence-corrected chi connectivity index (χ3v) is 7.26. The number of carbonyl (C=O) groups excluding carboxylic acids is 3. The summed E-state index contributed by atoms with van der Waals surface area (Å²) in [6, 6.07) is 12.2. The quantitative estimate of drug-likeness (QED) is 0.159. The maximum Gasteiger partial charge on any atom is 0.332 e. The summed E-state index contributed by atoms with van der Waals surface area (Å²) in [6.07, 6.45) is 4.14. The fraction of sp³-hybridized carbons (Fsp3) is 0.485. The van der Waals surface area contributed by atoms with Crippen LogP contribution in [0.4, 0.5) is 10.5 Å². The molecule has 4 amide bonds. The first kappa shape index (κ1) is 33.0. The molecule has 0 radical (unpaired) electrons. The van der Waals surface area contributed by atoms with Crippen LogP contribution in [0.5, 0.6) is 5.75 Å². The van der Waals surface area contributed by atoms with Crippen molar-refractivity contribution in [2.24, 2.45) is 5.73 Å². The number of unbranched alkanes of at least 4 members (excludes halogenated alkanes) is 3. The van der Waals surface area contributed by atoms with Gasteiger partial charge in [0, 0.05) is 50.2 Å². The second kappa shape index (κ2) is 15.7. The van der Waals surface area contributed by atoms with Crippen molar-refractivity contribution in [2.45, 2.75) is 64.4 Å². The van der Waals surface area contributed by atoms with Gasteiger partial charge in [-0.15, -0.1) is 0 Å². The van der Waals surface area contributed by atoms with Gasteiger partial charge < -0.3 is 30.4 Å². The third-order valence-electron chi connectivity index (χ3n) is 7.26. The van der Waals surface area contributed by atoms with E-state index in [0.29, 0.717) is 44.0 Å². The molecule has 2 aromatic carbocycles. The number of benzene rings is 2. The minimum absolute atomic E-state index is 0.141. The van der Waals surface area contributed by atoms with E-state index >= 15 is 0 Å². The molecule has 11 nitrogen and oxygen atoms in total. The van der Waals surface area contributed by atoms with E-state index in [0.717, 1.165) is 54.0 Å². The molecule has 0 spiro atoms. The van der Waals surface area contributed by atoms with Gasteiger partial charge in [-0.2, -0.15) is 0 Å². The second-order valence-electron chi connectivity index (χ2n) is 11.3. The zero-order valence-corrected chi connectivity index (χ0v) is 25.5. The van der Waals surface area contributed by atoms with Crippen LogP contribution in [0.25, 0.3) is 0 Å². The van der Waals surface area contributed by atoms with Crippen molar-refractivity contribution in [3.63, 3.8) is 0 Å². The van der Waals surface area contributed by atoms with Crippen LogP contribution in [0.1, 0.15) is 68.7 Å². The normalized spacial score (nSPS) is 16.2. The molecular weight excluding hydrogens is 564 g/mol. The van der Waals surface area contributed by atoms with E-state index < -0.39 is 36.3 Å². The summed E-state index contributed by atoms with van der Waals surface area (Å²) in [4.78, 5) is 37.9. The Kier molecular flexibility index (Phi) is 11.7. The van der Waals surface area contributed by atoms with Crippen LogP contribution < -0.4 is 20.7 Å². The monoisotopic (exact) mass is 606 g/mol. The van der Waals surface area contributed by atoms with Crippen molar-refractivity contribution in [3.8, 4) is 17.6 Å². The summed E-state index contributed by atoms with van der Waals surface area (Å²) in [7, 11) is 0. The number of aliphatic hydroxyl groups is 1. The molecule has 44 heavy (non-hydrogen) atoms. The number of ether oxygens (including phenoxy) is 3. The number of rotatable bonds is 15. The average Bonchev–Trinajstić information content (AvgIpc) is 3.27. The SMILES string of the molecule is CC1(C)OCc2cc([C@@H](O)CNCCCCCCOCCC#Cc3cccc(N4CC(=O)N(CC(N)=O)C4=O)c3)ccc2O1. The fourth-order valence-electron chi connectivity index (χ4n) is 4.92. The molecule has 2 heterocycles. The van der Waals surface area contributed by atoms with E-state index in [2.05, 4.69) is 17.2 Å². The van der Waals surface area contributed by atoms with Gasteiger partial charge in [0.2, 0.25) is 11.7 Å². The second-order valence-corrected chi connectivity index (χ2v) is 11.3. The van der Waals surface area contributed by atoms with Crippen molar-refractivity contribution in [1.29, 1.82) is 0 Å². The molecule has 0 aromatic heterocycles. The molecule has 0 bridgehead atoms. The highest BCUT2D eigenvalue weighted by Crippen LogP contribution is 2.32. The Hall–Kier alpha value is -3.95. The maximum atomic E-state index is 12.5. The summed E-state index contributed by atoms with van der Waals surface area (Å²) < 4.78 is 17.2. The molecule has 4 N–H and O–H groups in total. The zero-order valence-electron chi connectivity index (χ0n) is 25.5. The number of primary amides is 1. The van der Waals surface area contributed by atoms with E-state index in [9.17, 15) is 19.5 Å². The lowest BCUT2D eigenvalue weighted by Crippen LogP contribution is -2.39. The Morgan fingerprint density at radius 1 is 1.14 bits per heavy atom. The highest BCUT2D eigenvalue weighted by atomic mass is 16.7. The van der Waals surface area contributed by atoms with Gasteiger partial charge in [0.05, 0.1) is 19.3 Å². The minimum atomic E-state index is -0.741. The lowest BCUT2D eigenvalue weighted by atomic mass is 10.0. The topological polar surface area (TPSA) is 144 Å². The number of hydrogen-bond donors (Lipinski definition) is 3. The Morgan fingerprint density at radius 3 is 2.77 bits per heavy atom. The fourth-order valence-corrected chi connectivity index (χ4v) is 4.92. The van der Waals surface area contributed by atoms with Crippen LogP contribution in [-0.4, -0.2) is 73.0 Å². The van der Waals surface area contributed by atoms with Gasteiger partial charge in [-0.3, -0.25) is 19.4 Å². The summed E-state index contributed by atoms with van der Waals surface area (Å²) in [5, 5.41) is 13.9. The molecule has 0 unspecified atom stereocenters. The molecule has 236 valence electrons. The third kappa shape index (κ3) is 9.53. The lowest BCUT2D eigenvalue weighted by Gasteiger charge is -2.33. The number of anilines is 1. The van der Waals surface area contributed by atoms with Gasteiger partial charge in [0.25, 0.3) is 5.91 Å². The molecule has 4 rings (SSSR count). The number of nitrogens with one attached hydrogen (secondary N) is 1. The Bertz CT molecular complexity index is 1380. The van der Waals surface area contributed by atoms with Crippen molar-refractivity contribution in [1.82, 2.24) is 10.2 Å². The predicted molar refractivity (Wildman–Crippen MR) is 165 cm³/mol. The maximum absolute atomic E-state index is 12.5. The smallest absolute Gasteiger partial charge is 0.332 e. The summed E-state index contributed by atoms with van der Waals surface area (Å²) in [5.74, 6) is 5.12. The number of aliphatic hydroxyl groups excluding tert-OH is 1. The summed E-state index contributed by atoms with van der Waals surface area (Å²) in [5.41, 5.74) is 8.19. The van der Waals surface area contributed by atoms with Crippen LogP contribution in [0, 0.1) is 11.8 Å². The average molecular weight is 607 g/mol. The van der Waals surface area contributed by atoms with Crippen LogP contribution in [0.3, 0.4) is 0 Å². The first-order valence-corrected chi connectivity index (χ1v) is 15.0. The molecule has 11 heteroatoms. The number of carbonyl (C=O) groups is 3. The first-order chi connectivity index (χ1) is 21.1. The van der Waals surface area contributed by atoms with Gasteiger partial charge >= 0.3 is 6.03 Å². The number of imide groups is 1. The van der Waals surface area contributed by atoms with Crippen molar-refractivity contribution < 1.29 is 33.7 Å². The molecule has 2 aromatic rings. The van der Waals surface area contributed by atoms with Crippen LogP contribution in [-0.2, 0) is 25.7 Å². The van der Waals surface area contributed by atoms with Gasteiger partial charge in [0.15, 0.2) is 0 Å². The molecule has 2 aliphatic rings. The van der Waals surface area contributed by atoms with Gasteiger partial charge in [-0.1, -0.05) is 36.8 Å². The van der Waals surface area contributed by atoms with Gasteiger partial charge in [-0.05, 0) is 55.3 Å². The van der Waals surface area contributed by atoms with Crippen molar-refractivity contribution in [3.05, 3.63) is 59.2 Å². The summed E-state index contributed by atoms with van der Waals surface area (Å²) in [6.45, 7) is 6.21. The minimum Gasteiger partial charge on any atom is -0.463 e. The van der Waals surface area contributed by atoms with E-state index in [1.54, 1.807) is 18.2 Å². The molecular formula is C33H42N4O7.